The summed E-state index contributed by atoms with van der Waals surface area (Å²) in [5, 5.41) is 3.28. The lowest BCUT2D eigenvalue weighted by molar-refractivity contribution is 0.378. The van der Waals surface area contributed by atoms with Gasteiger partial charge in [-0.2, -0.15) is 0 Å². The van der Waals surface area contributed by atoms with Gasteiger partial charge in [0.1, 0.15) is 0 Å². The second-order valence-corrected chi connectivity index (χ2v) is 4.63. The average Bonchev–Trinajstić information content (AvgIpc) is 2.84. The van der Waals surface area contributed by atoms with Gasteiger partial charge in [0.25, 0.3) is 0 Å². The van der Waals surface area contributed by atoms with Crippen LogP contribution in [0.4, 0.5) is 0 Å². The summed E-state index contributed by atoms with van der Waals surface area (Å²) < 4.78 is 3.65. The monoisotopic (exact) mass is 224 g/mol. The molecule has 90 valence electrons. The van der Waals surface area contributed by atoms with Crippen molar-refractivity contribution in [1.29, 1.82) is 0 Å². The first kappa shape index (κ1) is 11.4. The SMILES string of the molecule is CN(C)CCn1ccn(C2CCNC2)c1=O. The fraction of sp³-hybridized carbons (Fsp3) is 0.727. The van der Waals surface area contributed by atoms with Crippen LogP contribution in [0.3, 0.4) is 0 Å². The van der Waals surface area contributed by atoms with E-state index in [4.69, 9.17) is 0 Å². The van der Waals surface area contributed by atoms with Gasteiger partial charge in [-0.15, -0.1) is 0 Å². The Labute approximate surface area is 95.7 Å². The maximum atomic E-state index is 12.0. The van der Waals surface area contributed by atoms with E-state index in [9.17, 15) is 4.79 Å². The summed E-state index contributed by atoms with van der Waals surface area (Å²) in [7, 11) is 4.03. The maximum Gasteiger partial charge on any atom is 0.328 e. The molecule has 1 N–H and O–H groups in total. The van der Waals surface area contributed by atoms with E-state index in [0.717, 1.165) is 32.6 Å². The molecule has 16 heavy (non-hydrogen) atoms. The van der Waals surface area contributed by atoms with E-state index >= 15 is 0 Å². The number of rotatable bonds is 4. The Morgan fingerprint density at radius 1 is 1.50 bits per heavy atom. The molecule has 5 nitrogen and oxygen atoms in total. The number of hydrogen-bond donors (Lipinski definition) is 1. The lowest BCUT2D eigenvalue weighted by atomic mass is 10.3. The molecular weight excluding hydrogens is 204 g/mol. The molecule has 2 rings (SSSR count). The van der Waals surface area contributed by atoms with Crippen LogP contribution in [0.2, 0.25) is 0 Å². The fourth-order valence-electron chi connectivity index (χ4n) is 2.06. The minimum Gasteiger partial charge on any atom is -0.315 e. The van der Waals surface area contributed by atoms with E-state index in [2.05, 4.69) is 10.2 Å². The van der Waals surface area contributed by atoms with Crippen molar-refractivity contribution in [3.63, 3.8) is 0 Å². The Balaban J connectivity index is 2.08. The largest absolute Gasteiger partial charge is 0.328 e. The van der Waals surface area contributed by atoms with Gasteiger partial charge in [-0.1, -0.05) is 0 Å². The smallest absolute Gasteiger partial charge is 0.315 e. The second-order valence-electron chi connectivity index (χ2n) is 4.63. The molecule has 1 aromatic heterocycles. The van der Waals surface area contributed by atoms with Gasteiger partial charge in [0.2, 0.25) is 0 Å². The first-order valence-corrected chi connectivity index (χ1v) is 5.81. The highest BCUT2D eigenvalue weighted by atomic mass is 16.1. The third-order valence-corrected chi connectivity index (χ3v) is 3.09. The van der Waals surface area contributed by atoms with E-state index in [-0.39, 0.29) is 5.69 Å². The first-order valence-electron chi connectivity index (χ1n) is 5.81. The van der Waals surface area contributed by atoms with Crippen LogP contribution in [0, 0.1) is 0 Å². The molecule has 1 atom stereocenters. The van der Waals surface area contributed by atoms with Gasteiger partial charge in [0.15, 0.2) is 0 Å². The lowest BCUT2D eigenvalue weighted by Crippen LogP contribution is -2.30. The van der Waals surface area contributed by atoms with Crippen LogP contribution in [0.15, 0.2) is 17.2 Å². The van der Waals surface area contributed by atoms with Gasteiger partial charge in [-0.25, -0.2) is 4.79 Å². The average molecular weight is 224 g/mol. The number of likely N-dealkylation sites (N-methyl/N-ethyl adjacent to an activating group) is 1. The molecule has 5 heteroatoms. The van der Waals surface area contributed by atoms with Crippen molar-refractivity contribution in [1.82, 2.24) is 19.4 Å². The van der Waals surface area contributed by atoms with Gasteiger partial charge >= 0.3 is 5.69 Å². The molecule has 1 aromatic rings. The van der Waals surface area contributed by atoms with E-state index in [0.29, 0.717) is 6.04 Å². The maximum absolute atomic E-state index is 12.0. The minimum atomic E-state index is 0.121. The van der Waals surface area contributed by atoms with Gasteiger partial charge in [-0.05, 0) is 27.1 Å². The van der Waals surface area contributed by atoms with Gasteiger partial charge < -0.3 is 10.2 Å². The lowest BCUT2D eigenvalue weighted by Gasteiger charge is -2.10. The summed E-state index contributed by atoms with van der Waals surface area (Å²) in [5.41, 5.74) is 0.121. The molecule has 2 heterocycles. The van der Waals surface area contributed by atoms with Crippen LogP contribution in [-0.2, 0) is 6.54 Å². The van der Waals surface area contributed by atoms with Crippen molar-refractivity contribution in [3.05, 3.63) is 22.9 Å². The third kappa shape index (κ3) is 2.36. The predicted molar refractivity (Wildman–Crippen MR) is 63.8 cm³/mol. The summed E-state index contributed by atoms with van der Waals surface area (Å²) in [6, 6.07) is 0.341. The molecule has 0 amide bonds. The number of nitrogens with zero attached hydrogens (tertiary/aromatic N) is 3. The van der Waals surface area contributed by atoms with Crippen LogP contribution in [0.25, 0.3) is 0 Å². The second kappa shape index (κ2) is 4.84. The zero-order chi connectivity index (χ0) is 11.5. The van der Waals surface area contributed by atoms with E-state index in [1.165, 1.54) is 0 Å². The first-order chi connectivity index (χ1) is 7.68. The van der Waals surface area contributed by atoms with Gasteiger partial charge in [0, 0.05) is 32.0 Å². The highest BCUT2D eigenvalue weighted by Crippen LogP contribution is 2.11. The van der Waals surface area contributed by atoms with Crippen LogP contribution >= 0.6 is 0 Å². The molecule has 0 radical (unpaired) electrons. The molecule has 1 fully saturated rings. The Morgan fingerprint density at radius 2 is 2.31 bits per heavy atom. The summed E-state index contributed by atoms with van der Waals surface area (Å²) in [6.45, 7) is 3.59. The standard InChI is InChI=1S/C11H20N4O/c1-13(2)5-6-14-7-8-15(11(14)16)10-3-4-12-9-10/h7-8,10,12H,3-6,9H2,1-2H3. The highest BCUT2D eigenvalue weighted by molar-refractivity contribution is 4.89. The molecule has 1 aliphatic heterocycles. The molecular formula is C11H20N4O. The van der Waals surface area contributed by atoms with Crippen LogP contribution in [0.1, 0.15) is 12.5 Å². The van der Waals surface area contributed by atoms with Crippen LogP contribution in [-0.4, -0.2) is 47.8 Å². The number of nitrogens with one attached hydrogen (secondary N) is 1. The van der Waals surface area contributed by atoms with Crippen molar-refractivity contribution in [3.8, 4) is 0 Å². The molecule has 0 spiro atoms. The molecule has 1 saturated heterocycles. The topological polar surface area (TPSA) is 42.2 Å². The molecule has 0 aliphatic carbocycles. The Hall–Kier alpha value is -1.07. The molecule has 0 bridgehead atoms. The zero-order valence-corrected chi connectivity index (χ0v) is 10.0. The quantitative estimate of drug-likeness (QED) is 0.766. The summed E-state index contributed by atoms with van der Waals surface area (Å²) in [5.74, 6) is 0. The number of hydrogen-bond acceptors (Lipinski definition) is 3. The van der Waals surface area contributed by atoms with Gasteiger partial charge in [-0.3, -0.25) is 9.13 Å². The molecule has 0 saturated carbocycles. The van der Waals surface area contributed by atoms with E-state index in [1.54, 1.807) is 4.57 Å². The van der Waals surface area contributed by atoms with Crippen molar-refractivity contribution in [2.24, 2.45) is 0 Å². The van der Waals surface area contributed by atoms with Crippen molar-refractivity contribution >= 4 is 0 Å². The Kier molecular flexibility index (Phi) is 3.46. The van der Waals surface area contributed by atoms with Gasteiger partial charge in [0.05, 0.1) is 6.04 Å². The van der Waals surface area contributed by atoms with Crippen LogP contribution < -0.4 is 11.0 Å². The Bertz CT molecular complexity index is 387. The Morgan fingerprint density at radius 3 is 2.94 bits per heavy atom. The predicted octanol–water partition coefficient (Wildman–Crippen LogP) is -0.254. The molecule has 1 unspecified atom stereocenters. The third-order valence-electron chi connectivity index (χ3n) is 3.09. The van der Waals surface area contributed by atoms with E-state index in [1.807, 2.05) is 31.1 Å². The molecule has 0 aromatic carbocycles. The summed E-state index contributed by atoms with van der Waals surface area (Å²) in [6.07, 6.45) is 4.86. The minimum absolute atomic E-state index is 0.121. The molecule has 1 aliphatic rings. The normalized spacial score (nSPS) is 20.8. The number of imidazole rings is 1. The van der Waals surface area contributed by atoms with Crippen molar-refractivity contribution < 1.29 is 0 Å². The number of aromatic nitrogens is 2. The highest BCUT2D eigenvalue weighted by Gasteiger charge is 2.18. The van der Waals surface area contributed by atoms with Crippen molar-refractivity contribution in [2.75, 3.05) is 33.7 Å². The van der Waals surface area contributed by atoms with Crippen molar-refractivity contribution in [2.45, 2.75) is 19.0 Å². The van der Waals surface area contributed by atoms with E-state index < -0.39 is 0 Å². The summed E-state index contributed by atoms with van der Waals surface area (Å²) in [4.78, 5) is 14.1. The van der Waals surface area contributed by atoms with Crippen LogP contribution in [0.5, 0.6) is 0 Å². The zero-order valence-electron chi connectivity index (χ0n) is 10.0. The summed E-state index contributed by atoms with van der Waals surface area (Å²) >= 11 is 0. The fourth-order valence-corrected chi connectivity index (χ4v) is 2.06.